The van der Waals surface area contributed by atoms with Crippen molar-refractivity contribution in [1.82, 2.24) is 10.2 Å². The van der Waals surface area contributed by atoms with Crippen molar-refractivity contribution in [1.29, 1.82) is 0 Å². The monoisotopic (exact) mass is 360 g/mol. The second-order valence-electron chi connectivity index (χ2n) is 5.58. The minimum atomic E-state index is -0.138. The molecule has 0 fully saturated rings. The maximum atomic E-state index is 12.3. The van der Waals surface area contributed by atoms with Gasteiger partial charge in [0.2, 0.25) is 5.91 Å². The Balaban J connectivity index is 1.71. The number of nitrogens with one attached hydrogen (secondary N) is 1. The Bertz CT molecular complexity index is 668. The number of thiophene rings is 1. The number of amides is 2. The van der Waals surface area contributed by atoms with Crippen LogP contribution in [0.3, 0.4) is 0 Å². The lowest BCUT2D eigenvalue weighted by atomic mass is 10.2. The molecule has 1 aromatic carbocycles. The molecule has 0 saturated carbocycles. The lowest BCUT2D eigenvalue weighted by Gasteiger charge is -2.20. The van der Waals surface area contributed by atoms with E-state index >= 15 is 0 Å². The average Bonchev–Trinajstić information content (AvgIpc) is 3.16. The van der Waals surface area contributed by atoms with Gasteiger partial charge in [-0.2, -0.15) is 0 Å². The highest BCUT2D eigenvalue weighted by Crippen LogP contribution is 2.13. The third-order valence-corrected chi connectivity index (χ3v) is 4.73. The number of methoxy groups -OCH3 is 1. The molecular formula is C19H24N2O3S. The van der Waals surface area contributed by atoms with Gasteiger partial charge in [0, 0.05) is 30.0 Å². The van der Waals surface area contributed by atoms with Gasteiger partial charge in [-0.15, -0.1) is 11.3 Å². The molecule has 0 aliphatic carbocycles. The summed E-state index contributed by atoms with van der Waals surface area (Å²) in [6, 6.07) is 11.0. The quantitative estimate of drug-likeness (QED) is 0.698. The molecule has 1 N–H and O–H groups in total. The van der Waals surface area contributed by atoms with Gasteiger partial charge in [0.05, 0.1) is 13.7 Å². The first-order valence-corrected chi connectivity index (χ1v) is 9.24. The fourth-order valence-electron chi connectivity index (χ4n) is 2.41. The summed E-state index contributed by atoms with van der Waals surface area (Å²) in [6.45, 7) is 3.81. The predicted molar refractivity (Wildman–Crippen MR) is 100.0 cm³/mol. The minimum Gasteiger partial charge on any atom is -0.497 e. The maximum absolute atomic E-state index is 12.3. The molecule has 2 rings (SSSR count). The van der Waals surface area contributed by atoms with Crippen LogP contribution in [0.5, 0.6) is 5.75 Å². The van der Waals surface area contributed by atoms with Gasteiger partial charge in [-0.05, 0) is 49.1 Å². The fraction of sp³-hybridized carbons (Fsp3) is 0.368. The van der Waals surface area contributed by atoms with Gasteiger partial charge >= 0.3 is 0 Å². The van der Waals surface area contributed by atoms with Crippen LogP contribution >= 0.6 is 11.3 Å². The standard InChI is InChI=1S/C19H24N2O3S/c1-3-21(14-17-6-5-13-25-17)18(22)7-4-12-20-19(23)15-8-10-16(24-2)11-9-15/h5-6,8-11,13H,3-4,7,12,14H2,1-2H3,(H,20,23). The van der Waals surface area contributed by atoms with E-state index in [-0.39, 0.29) is 11.8 Å². The Kier molecular flexibility index (Phi) is 7.47. The maximum Gasteiger partial charge on any atom is 0.251 e. The number of nitrogens with zero attached hydrogens (tertiary/aromatic N) is 1. The van der Waals surface area contributed by atoms with Crippen molar-refractivity contribution in [2.24, 2.45) is 0 Å². The Morgan fingerprint density at radius 1 is 1.20 bits per heavy atom. The predicted octanol–water partition coefficient (Wildman–Crippen LogP) is 3.32. The summed E-state index contributed by atoms with van der Waals surface area (Å²) in [5.74, 6) is 0.697. The van der Waals surface area contributed by atoms with E-state index in [0.717, 1.165) is 0 Å². The normalized spacial score (nSPS) is 10.3. The van der Waals surface area contributed by atoms with E-state index in [2.05, 4.69) is 5.32 Å². The number of hydrogen-bond donors (Lipinski definition) is 1. The topological polar surface area (TPSA) is 58.6 Å². The first-order valence-electron chi connectivity index (χ1n) is 8.36. The van der Waals surface area contributed by atoms with Crippen molar-refractivity contribution in [3.8, 4) is 5.75 Å². The highest BCUT2D eigenvalue weighted by Gasteiger charge is 2.12. The summed E-state index contributed by atoms with van der Waals surface area (Å²) < 4.78 is 5.07. The molecule has 1 aromatic heterocycles. The summed E-state index contributed by atoms with van der Waals surface area (Å²) in [7, 11) is 1.59. The number of rotatable bonds is 9. The molecule has 0 spiro atoms. The van der Waals surface area contributed by atoms with Crippen molar-refractivity contribution in [3.05, 3.63) is 52.2 Å². The van der Waals surface area contributed by atoms with Crippen LogP contribution in [0.4, 0.5) is 0 Å². The van der Waals surface area contributed by atoms with Gasteiger partial charge in [0.25, 0.3) is 5.91 Å². The van der Waals surface area contributed by atoms with Crippen LogP contribution in [0.25, 0.3) is 0 Å². The van der Waals surface area contributed by atoms with E-state index in [1.807, 2.05) is 29.3 Å². The second kappa shape index (κ2) is 9.84. The number of hydrogen-bond acceptors (Lipinski definition) is 4. The van der Waals surface area contributed by atoms with E-state index < -0.39 is 0 Å². The van der Waals surface area contributed by atoms with Gasteiger partial charge in [0.1, 0.15) is 5.75 Å². The fourth-order valence-corrected chi connectivity index (χ4v) is 3.13. The molecule has 25 heavy (non-hydrogen) atoms. The Hall–Kier alpha value is -2.34. The molecule has 2 amide bonds. The molecule has 5 nitrogen and oxygen atoms in total. The molecule has 0 atom stereocenters. The lowest BCUT2D eigenvalue weighted by Crippen LogP contribution is -2.31. The molecule has 0 aliphatic heterocycles. The molecule has 2 aromatic rings. The molecule has 1 heterocycles. The molecule has 0 bridgehead atoms. The zero-order valence-electron chi connectivity index (χ0n) is 14.7. The first-order chi connectivity index (χ1) is 12.1. The van der Waals surface area contributed by atoms with Gasteiger partial charge < -0.3 is 15.0 Å². The number of carbonyl (C=O) groups excluding carboxylic acids is 2. The summed E-state index contributed by atoms with van der Waals surface area (Å²) in [4.78, 5) is 27.4. The zero-order chi connectivity index (χ0) is 18.1. The number of ether oxygens (including phenoxy) is 1. The van der Waals surface area contributed by atoms with E-state index in [9.17, 15) is 9.59 Å². The van der Waals surface area contributed by atoms with Crippen LogP contribution in [0, 0.1) is 0 Å². The number of benzene rings is 1. The smallest absolute Gasteiger partial charge is 0.251 e. The molecule has 0 radical (unpaired) electrons. The van der Waals surface area contributed by atoms with Crippen molar-refractivity contribution < 1.29 is 14.3 Å². The third-order valence-electron chi connectivity index (χ3n) is 3.87. The van der Waals surface area contributed by atoms with Crippen LogP contribution in [0.1, 0.15) is 35.0 Å². The van der Waals surface area contributed by atoms with E-state index in [4.69, 9.17) is 4.74 Å². The molecule has 0 unspecified atom stereocenters. The van der Waals surface area contributed by atoms with Crippen molar-refractivity contribution >= 4 is 23.2 Å². The zero-order valence-corrected chi connectivity index (χ0v) is 15.5. The first kappa shape index (κ1) is 19.0. The van der Waals surface area contributed by atoms with Crippen molar-refractivity contribution in [2.75, 3.05) is 20.2 Å². The van der Waals surface area contributed by atoms with Crippen LogP contribution in [0.15, 0.2) is 41.8 Å². The van der Waals surface area contributed by atoms with Crippen LogP contribution in [-0.4, -0.2) is 36.9 Å². The second-order valence-corrected chi connectivity index (χ2v) is 6.61. The molecule has 0 aliphatic rings. The van der Waals surface area contributed by atoms with Gasteiger partial charge in [-0.1, -0.05) is 6.07 Å². The van der Waals surface area contributed by atoms with E-state index in [1.54, 1.807) is 42.7 Å². The Morgan fingerprint density at radius 2 is 1.96 bits per heavy atom. The summed E-state index contributed by atoms with van der Waals surface area (Å²) in [5, 5.41) is 4.86. The van der Waals surface area contributed by atoms with E-state index in [1.165, 1.54) is 4.88 Å². The van der Waals surface area contributed by atoms with Crippen LogP contribution < -0.4 is 10.1 Å². The highest BCUT2D eigenvalue weighted by atomic mass is 32.1. The highest BCUT2D eigenvalue weighted by molar-refractivity contribution is 7.09. The SMILES string of the molecule is CCN(Cc1cccs1)C(=O)CCCNC(=O)c1ccc(OC)cc1. The summed E-state index contributed by atoms with van der Waals surface area (Å²) in [5.41, 5.74) is 0.583. The van der Waals surface area contributed by atoms with Crippen molar-refractivity contribution in [3.63, 3.8) is 0 Å². The van der Waals surface area contributed by atoms with Crippen LogP contribution in [0.2, 0.25) is 0 Å². The van der Waals surface area contributed by atoms with Crippen LogP contribution in [-0.2, 0) is 11.3 Å². The molecule has 134 valence electrons. The summed E-state index contributed by atoms with van der Waals surface area (Å²) in [6.07, 6.45) is 1.06. The van der Waals surface area contributed by atoms with Gasteiger partial charge in [-0.3, -0.25) is 9.59 Å². The molecule has 0 saturated heterocycles. The minimum absolute atomic E-state index is 0.120. The van der Waals surface area contributed by atoms with E-state index in [0.29, 0.717) is 43.8 Å². The Labute approximate surface area is 152 Å². The van der Waals surface area contributed by atoms with Crippen molar-refractivity contribution in [2.45, 2.75) is 26.3 Å². The number of carbonyl (C=O) groups is 2. The van der Waals surface area contributed by atoms with Gasteiger partial charge in [-0.25, -0.2) is 0 Å². The lowest BCUT2D eigenvalue weighted by molar-refractivity contribution is -0.131. The molecular weight excluding hydrogens is 336 g/mol. The Morgan fingerprint density at radius 3 is 2.56 bits per heavy atom. The third kappa shape index (κ3) is 5.90. The summed E-state index contributed by atoms with van der Waals surface area (Å²) >= 11 is 1.66. The molecule has 6 heteroatoms. The van der Waals surface area contributed by atoms with Gasteiger partial charge in [0.15, 0.2) is 0 Å². The largest absolute Gasteiger partial charge is 0.497 e. The average molecular weight is 360 g/mol.